The maximum absolute atomic E-state index is 3.62. The predicted octanol–water partition coefficient (Wildman–Crippen LogP) is 2.25. The Bertz CT molecular complexity index is 147. The van der Waals surface area contributed by atoms with Crippen molar-refractivity contribution in [3.8, 4) is 0 Å². The van der Waals surface area contributed by atoms with Gasteiger partial charge in [-0.1, -0.05) is 19.8 Å². The Morgan fingerprint density at radius 1 is 1.53 bits per heavy atom. The summed E-state index contributed by atoms with van der Waals surface area (Å²) >= 11 is 2.09. The summed E-state index contributed by atoms with van der Waals surface area (Å²) in [4.78, 5) is 0. The molecule has 1 saturated heterocycles. The highest BCUT2D eigenvalue weighted by molar-refractivity contribution is 7.99. The van der Waals surface area contributed by atoms with E-state index in [9.17, 15) is 0 Å². The maximum atomic E-state index is 3.62. The molecule has 0 aromatic rings. The highest BCUT2D eigenvalue weighted by Gasteiger charge is 2.12. The third-order valence-corrected chi connectivity index (χ3v) is 4.11. The number of hydrogen-bond donors (Lipinski definition) is 2. The van der Waals surface area contributed by atoms with Crippen LogP contribution in [0.5, 0.6) is 0 Å². The van der Waals surface area contributed by atoms with Gasteiger partial charge in [-0.3, -0.25) is 0 Å². The van der Waals surface area contributed by atoms with Gasteiger partial charge in [0.15, 0.2) is 0 Å². The molecular weight excluding hydrogens is 204 g/mol. The molecule has 0 spiro atoms. The zero-order valence-corrected chi connectivity index (χ0v) is 11.0. The molecule has 1 fully saturated rings. The number of hydrogen-bond acceptors (Lipinski definition) is 3. The molecule has 2 unspecified atom stereocenters. The van der Waals surface area contributed by atoms with Gasteiger partial charge in [0.05, 0.1) is 0 Å². The van der Waals surface area contributed by atoms with E-state index >= 15 is 0 Å². The Balaban J connectivity index is 1.94. The molecule has 2 atom stereocenters. The van der Waals surface area contributed by atoms with Gasteiger partial charge in [-0.05, 0) is 26.3 Å². The molecule has 3 heteroatoms. The zero-order valence-electron chi connectivity index (χ0n) is 10.2. The van der Waals surface area contributed by atoms with Gasteiger partial charge in [0.2, 0.25) is 0 Å². The lowest BCUT2D eigenvalue weighted by molar-refractivity contribution is 0.451. The van der Waals surface area contributed by atoms with Gasteiger partial charge in [0, 0.05) is 30.1 Å². The lowest BCUT2D eigenvalue weighted by Gasteiger charge is -2.24. The summed E-state index contributed by atoms with van der Waals surface area (Å²) in [6.07, 6.45) is 5.27. The minimum atomic E-state index is 0.696. The first-order chi connectivity index (χ1) is 7.33. The van der Waals surface area contributed by atoms with Gasteiger partial charge in [-0.2, -0.15) is 11.8 Å². The van der Waals surface area contributed by atoms with Crippen molar-refractivity contribution in [1.82, 2.24) is 10.6 Å². The molecule has 0 aromatic heterocycles. The summed E-state index contributed by atoms with van der Waals surface area (Å²) in [5, 5.41) is 7.19. The minimum Gasteiger partial charge on any atom is -0.314 e. The summed E-state index contributed by atoms with van der Waals surface area (Å²) in [5.74, 6) is 2.59. The first kappa shape index (κ1) is 13.3. The van der Waals surface area contributed by atoms with E-state index in [0.29, 0.717) is 6.04 Å². The van der Waals surface area contributed by atoms with Gasteiger partial charge >= 0.3 is 0 Å². The van der Waals surface area contributed by atoms with Crippen LogP contribution in [0.2, 0.25) is 0 Å². The van der Waals surface area contributed by atoms with Gasteiger partial charge in [-0.15, -0.1) is 0 Å². The maximum Gasteiger partial charge on any atom is 0.0170 e. The highest BCUT2D eigenvalue weighted by Crippen LogP contribution is 2.09. The molecule has 0 aromatic carbocycles. The average molecular weight is 230 g/mol. The summed E-state index contributed by atoms with van der Waals surface area (Å²) in [6, 6.07) is 1.44. The van der Waals surface area contributed by atoms with Gasteiger partial charge in [-0.25, -0.2) is 0 Å². The van der Waals surface area contributed by atoms with Crippen LogP contribution in [-0.2, 0) is 0 Å². The van der Waals surface area contributed by atoms with Crippen molar-refractivity contribution < 1.29 is 0 Å². The lowest BCUT2D eigenvalue weighted by atomic mass is 10.1. The fourth-order valence-corrected chi connectivity index (χ4v) is 2.92. The fraction of sp³-hybridized carbons (Fsp3) is 1.00. The van der Waals surface area contributed by atoms with Crippen LogP contribution in [-0.4, -0.2) is 36.7 Å². The fourth-order valence-electron chi connectivity index (χ4n) is 1.92. The molecule has 0 amide bonds. The van der Waals surface area contributed by atoms with E-state index in [0.717, 1.165) is 6.04 Å². The summed E-state index contributed by atoms with van der Waals surface area (Å²) < 4.78 is 0. The van der Waals surface area contributed by atoms with Gasteiger partial charge in [0.1, 0.15) is 0 Å². The van der Waals surface area contributed by atoms with Crippen molar-refractivity contribution in [2.45, 2.75) is 51.6 Å². The smallest absolute Gasteiger partial charge is 0.0170 e. The van der Waals surface area contributed by atoms with Crippen LogP contribution in [0.1, 0.15) is 39.5 Å². The van der Waals surface area contributed by atoms with Crippen molar-refractivity contribution in [2.75, 3.05) is 24.6 Å². The third kappa shape index (κ3) is 6.44. The Labute approximate surface area is 99.0 Å². The molecule has 1 heterocycles. The largest absolute Gasteiger partial charge is 0.314 e. The van der Waals surface area contributed by atoms with E-state index in [4.69, 9.17) is 0 Å². The Kier molecular flexibility index (Phi) is 7.49. The molecule has 1 rings (SSSR count). The minimum absolute atomic E-state index is 0.696. The molecule has 0 saturated carbocycles. The van der Waals surface area contributed by atoms with Crippen LogP contribution in [0.3, 0.4) is 0 Å². The van der Waals surface area contributed by atoms with Crippen molar-refractivity contribution in [3.05, 3.63) is 0 Å². The number of nitrogens with one attached hydrogen (secondary N) is 2. The lowest BCUT2D eigenvalue weighted by Crippen LogP contribution is -2.40. The Morgan fingerprint density at radius 3 is 3.07 bits per heavy atom. The first-order valence-electron chi connectivity index (χ1n) is 6.37. The van der Waals surface area contributed by atoms with E-state index in [-0.39, 0.29) is 0 Å². The van der Waals surface area contributed by atoms with E-state index in [2.05, 4.69) is 36.2 Å². The van der Waals surface area contributed by atoms with Crippen molar-refractivity contribution in [1.29, 1.82) is 0 Å². The average Bonchev–Trinajstić information content (AvgIpc) is 2.28. The second-order valence-corrected chi connectivity index (χ2v) is 5.66. The topological polar surface area (TPSA) is 24.1 Å². The third-order valence-electron chi connectivity index (χ3n) is 2.97. The predicted molar refractivity (Wildman–Crippen MR) is 70.7 cm³/mol. The molecule has 1 aliphatic heterocycles. The normalized spacial score (nSPS) is 24.0. The molecule has 0 aliphatic carbocycles. The molecule has 90 valence electrons. The van der Waals surface area contributed by atoms with E-state index in [1.165, 1.54) is 50.3 Å². The van der Waals surface area contributed by atoms with Crippen LogP contribution < -0.4 is 10.6 Å². The Morgan fingerprint density at radius 2 is 2.40 bits per heavy atom. The second-order valence-electron chi connectivity index (χ2n) is 4.51. The summed E-state index contributed by atoms with van der Waals surface area (Å²) in [7, 11) is 0. The molecular formula is C12H26N2S. The molecule has 1 aliphatic rings. The molecule has 0 radical (unpaired) electrons. The van der Waals surface area contributed by atoms with Crippen LogP contribution in [0.15, 0.2) is 0 Å². The Hall–Kier alpha value is 0.270. The highest BCUT2D eigenvalue weighted by atomic mass is 32.2. The van der Waals surface area contributed by atoms with E-state index in [1.807, 2.05) is 0 Å². The quantitative estimate of drug-likeness (QED) is 0.701. The first-order valence-corrected chi connectivity index (χ1v) is 7.53. The van der Waals surface area contributed by atoms with E-state index < -0.39 is 0 Å². The van der Waals surface area contributed by atoms with Crippen LogP contribution in [0.4, 0.5) is 0 Å². The number of thioether (sulfide) groups is 1. The SMILES string of the molecule is CCCCC(C)NCCC1CSCCN1. The van der Waals surface area contributed by atoms with Gasteiger partial charge < -0.3 is 10.6 Å². The summed E-state index contributed by atoms with van der Waals surface area (Å²) in [5.41, 5.74) is 0. The second kappa shape index (κ2) is 8.43. The van der Waals surface area contributed by atoms with Crippen molar-refractivity contribution in [3.63, 3.8) is 0 Å². The van der Waals surface area contributed by atoms with Crippen LogP contribution in [0.25, 0.3) is 0 Å². The standard InChI is InChI=1S/C12H26N2S/c1-3-4-5-11(2)13-7-6-12-10-15-9-8-14-12/h11-14H,3-10H2,1-2H3. The van der Waals surface area contributed by atoms with E-state index in [1.54, 1.807) is 0 Å². The molecule has 15 heavy (non-hydrogen) atoms. The monoisotopic (exact) mass is 230 g/mol. The number of rotatable bonds is 7. The molecule has 2 N–H and O–H groups in total. The summed E-state index contributed by atoms with van der Waals surface area (Å²) in [6.45, 7) is 6.93. The zero-order chi connectivity index (χ0) is 10.9. The number of unbranched alkanes of at least 4 members (excludes halogenated alkanes) is 1. The van der Waals surface area contributed by atoms with Crippen molar-refractivity contribution in [2.24, 2.45) is 0 Å². The van der Waals surface area contributed by atoms with Crippen LogP contribution in [0, 0.1) is 0 Å². The molecule has 2 nitrogen and oxygen atoms in total. The van der Waals surface area contributed by atoms with Crippen LogP contribution >= 0.6 is 11.8 Å². The molecule has 0 bridgehead atoms. The van der Waals surface area contributed by atoms with Gasteiger partial charge in [0.25, 0.3) is 0 Å². The van der Waals surface area contributed by atoms with Crippen molar-refractivity contribution >= 4 is 11.8 Å².